The zero-order valence-corrected chi connectivity index (χ0v) is 15.1. The van der Waals surface area contributed by atoms with Crippen LogP contribution in [0.5, 0.6) is 0 Å². The van der Waals surface area contributed by atoms with E-state index >= 15 is 0 Å². The van der Waals surface area contributed by atoms with Gasteiger partial charge in [-0.15, -0.1) is 11.3 Å². The van der Waals surface area contributed by atoms with E-state index in [1.54, 1.807) is 49.6 Å². The van der Waals surface area contributed by atoms with Crippen LogP contribution in [-0.4, -0.2) is 11.8 Å². The van der Waals surface area contributed by atoms with Gasteiger partial charge in [0.05, 0.1) is 11.1 Å². The summed E-state index contributed by atoms with van der Waals surface area (Å²) in [6.07, 6.45) is 0. The first-order chi connectivity index (χ1) is 11.9. The number of benzene rings is 1. The summed E-state index contributed by atoms with van der Waals surface area (Å²) in [6.45, 7) is 3.48. The lowest BCUT2D eigenvalue weighted by molar-refractivity contribution is 0.100. The Morgan fingerprint density at radius 3 is 2.44 bits per heavy atom. The minimum atomic E-state index is -0.610. The van der Waals surface area contributed by atoms with Gasteiger partial charge in [0.15, 0.2) is 0 Å². The van der Waals surface area contributed by atoms with E-state index < -0.39 is 5.91 Å². The molecular formula is C18H15ClN2O3S. The smallest absolute Gasteiger partial charge is 0.259 e. The normalized spacial score (nSPS) is 10.7. The zero-order chi connectivity index (χ0) is 18.1. The summed E-state index contributed by atoms with van der Waals surface area (Å²) in [5.74, 6) is 0.207. The fourth-order valence-corrected chi connectivity index (χ4v) is 3.66. The van der Waals surface area contributed by atoms with Crippen LogP contribution in [0, 0.1) is 13.8 Å². The van der Waals surface area contributed by atoms with Gasteiger partial charge in [-0.05, 0) is 37.6 Å². The van der Waals surface area contributed by atoms with E-state index in [4.69, 9.17) is 21.8 Å². The molecule has 0 spiro atoms. The largest absolute Gasteiger partial charge is 0.466 e. The molecule has 5 nitrogen and oxygen atoms in total. The maximum atomic E-state index is 12.5. The fourth-order valence-electron chi connectivity index (χ4n) is 2.56. The number of hydrogen-bond donors (Lipinski definition) is 2. The molecule has 3 aromatic rings. The Balaban J connectivity index is 1.97. The predicted molar refractivity (Wildman–Crippen MR) is 99.4 cm³/mol. The van der Waals surface area contributed by atoms with Crippen molar-refractivity contribution >= 4 is 39.8 Å². The molecule has 1 aromatic carbocycles. The van der Waals surface area contributed by atoms with Crippen LogP contribution in [-0.2, 0) is 0 Å². The highest BCUT2D eigenvalue weighted by Gasteiger charge is 2.21. The zero-order valence-electron chi connectivity index (χ0n) is 13.6. The molecule has 2 aromatic heterocycles. The van der Waals surface area contributed by atoms with E-state index in [1.807, 2.05) is 0 Å². The average Bonchev–Trinajstić information content (AvgIpc) is 3.11. The van der Waals surface area contributed by atoms with Crippen molar-refractivity contribution in [2.75, 3.05) is 5.32 Å². The topological polar surface area (TPSA) is 85.3 Å². The maximum Gasteiger partial charge on any atom is 0.259 e. The van der Waals surface area contributed by atoms with Crippen molar-refractivity contribution in [3.8, 4) is 11.1 Å². The molecule has 3 rings (SSSR count). The highest BCUT2D eigenvalue weighted by atomic mass is 35.5. The summed E-state index contributed by atoms with van der Waals surface area (Å²) < 4.78 is 5.38. The number of carbonyl (C=O) groups is 2. The number of thiophene rings is 1. The van der Waals surface area contributed by atoms with Crippen LogP contribution in [0.4, 0.5) is 5.00 Å². The van der Waals surface area contributed by atoms with Crippen LogP contribution in [0.25, 0.3) is 11.1 Å². The first-order valence-corrected chi connectivity index (χ1v) is 8.68. The Bertz CT molecular complexity index is 957. The van der Waals surface area contributed by atoms with Crippen molar-refractivity contribution in [3.63, 3.8) is 0 Å². The number of hydrogen-bond acceptors (Lipinski definition) is 4. The summed E-state index contributed by atoms with van der Waals surface area (Å²) in [7, 11) is 0. The number of furan rings is 1. The van der Waals surface area contributed by atoms with Crippen molar-refractivity contribution in [2.45, 2.75) is 13.8 Å². The Hall–Kier alpha value is -2.57. The first-order valence-electron chi connectivity index (χ1n) is 7.42. The van der Waals surface area contributed by atoms with Gasteiger partial charge in [-0.2, -0.15) is 0 Å². The molecule has 0 radical (unpaired) electrons. The average molecular weight is 375 g/mol. The standard InChI is InChI=1S/C18H15ClN2O3S/c1-9-7-13(10(2)24-9)17(23)21-18-15(16(20)22)14(8-25-18)11-3-5-12(19)6-4-11/h3-8H,1-2H3,(H2,20,22)(H,21,23). The van der Waals surface area contributed by atoms with Crippen molar-refractivity contribution < 1.29 is 14.0 Å². The van der Waals surface area contributed by atoms with Crippen LogP contribution < -0.4 is 11.1 Å². The number of halogens is 1. The Labute approximate surface area is 153 Å². The van der Waals surface area contributed by atoms with Crippen molar-refractivity contribution in [1.82, 2.24) is 0 Å². The second kappa shape index (κ2) is 6.74. The molecule has 25 heavy (non-hydrogen) atoms. The summed E-state index contributed by atoms with van der Waals surface area (Å²) in [5.41, 5.74) is 7.70. The number of nitrogens with one attached hydrogen (secondary N) is 1. The van der Waals surface area contributed by atoms with Crippen LogP contribution in [0.1, 0.15) is 32.2 Å². The maximum absolute atomic E-state index is 12.5. The molecule has 7 heteroatoms. The molecule has 0 atom stereocenters. The number of carbonyl (C=O) groups excluding carboxylic acids is 2. The van der Waals surface area contributed by atoms with Gasteiger partial charge in [0.1, 0.15) is 16.5 Å². The van der Waals surface area contributed by atoms with Gasteiger partial charge in [0.2, 0.25) is 0 Å². The van der Waals surface area contributed by atoms with Crippen LogP contribution in [0.15, 0.2) is 40.1 Å². The highest BCUT2D eigenvalue weighted by molar-refractivity contribution is 7.15. The van der Waals surface area contributed by atoms with Crippen molar-refractivity contribution in [3.05, 3.63) is 63.4 Å². The lowest BCUT2D eigenvalue weighted by Crippen LogP contribution is -2.17. The van der Waals surface area contributed by atoms with Crippen LogP contribution in [0.3, 0.4) is 0 Å². The number of aryl methyl sites for hydroxylation is 2. The molecule has 0 aliphatic rings. The number of nitrogens with two attached hydrogens (primary N) is 1. The minimum absolute atomic E-state index is 0.276. The van der Waals surface area contributed by atoms with Gasteiger partial charge in [-0.1, -0.05) is 23.7 Å². The second-order valence-electron chi connectivity index (χ2n) is 5.51. The van der Waals surface area contributed by atoms with E-state index in [-0.39, 0.29) is 11.5 Å². The van der Waals surface area contributed by atoms with Gasteiger partial charge in [0, 0.05) is 16.0 Å². The first kappa shape index (κ1) is 17.3. The van der Waals surface area contributed by atoms with Gasteiger partial charge < -0.3 is 15.5 Å². The van der Waals surface area contributed by atoms with Crippen molar-refractivity contribution in [1.29, 1.82) is 0 Å². The monoisotopic (exact) mass is 374 g/mol. The van der Waals surface area contributed by atoms with Gasteiger partial charge >= 0.3 is 0 Å². The lowest BCUT2D eigenvalue weighted by Gasteiger charge is -2.06. The second-order valence-corrected chi connectivity index (χ2v) is 6.82. The number of primary amides is 1. The highest BCUT2D eigenvalue weighted by Crippen LogP contribution is 2.36. The Morgan fingerprint density at radius 1 is 1.20 bits per heavy atom. The molecule has 0 unspecified atom stereocenters. The van der Waals surface area contributed by atoms with Crippen LogP contribution in [0.2, 0.25) is 5.02 Å². The third-order valence-electron chi connectivity index (χ3n) is 3.71. The minimum Gasteiger partial charge on any atom is -0.466 e. The molecule has 0 bridgehead atoms. The van der Waals surface area contributed by atoms with Gasteiger partial charge in [0.25, 0.3) is 11.8 Å². The molecule has 2 amide bonds. The lowest BCUT2D eigenvalue weighted by atomic mass is 10.0. The fraction of sp³-hybridized carbons (Fsp3) is 0.111. The molecule has 0 aliphatic heterocycles. The third kappa shape index (κ3) is 3.45. The Kier molecular flexibility index (Phi) is 4.65. The van der Waals surface area contributed by atoms with E-state index in [2.05, 4.69) is 5.32 Å². The molecule has 3 N–H and O–H groups in total. The summed E-state index contributed by atoms with van der Waals surface area (Å²) >= 11 is 7.15. The van der Waals surface area contributed by atoms with E-state index in [1.165, 1.54) is 11.3 Å². The van der Waals surface area contributed by atoms with E-state index in [9.17, 15) is 9.59 Å². The third-order valence-corrected chi connectivity index (χ3v) is 4.85. The SMILES string of the molecule is Cc1cc(C(=O)Nc2scc(-c3ccc(Cl)cc3)c2C(N)=O)c(C)o1. The molecular weight excluding hydrogens is 360 g/mol. The number of amides is 2. The van der Waals surface area contributed by atoms with E-state index in [0.717, 1.165) is 5.56 Å². The summed E-state index contributed by atoms with van der Waals surface area (Å²) in [4.78, 5) is 24.4. The molecule has 0 aliphatic carbocycles. The Morgan fingerprint density at radius 2 is 1.88 bits per heavy atom. The van der Waals surface area contributed by atoms with Crippen molar-refractivity contribution in [2.24, 2.45) is 5.73 Å². The summed E-state index contributed by atoms with van der Waals surface area (Å²) in [5, 5.41) is 5.54. The number of rotatable bonds is 4. The van der Waals surface area contributed by atoms with E-state index in [0.29, 0.717) is 32.7 Å². The van der Waals surface area contributed by atoms with Crippen LogP contribution >= 0.6 is 22.9 Å². The quantitative estimate of drug-likeness (QED) is 0.698. The molecule has 0 saturated carbocycles. The predicted octanol–water partition coefficient (Wildman–Crippen LogP) is 4.63. The molecule has 128 valence electrons. The molecule has 0 fully saturated rings. The van der Waals surface area contributed by atoms with Gasteiger partial charge in [-0.3, -0.25) is 9.59 Å². The molecule has 2 heterocycles. The van der Waals surface area contributed by atoms with Gasteiger partial charge in [-0.25, -0.2) is 0 Å². The summed E-state index contributed by atoms with van der Waals surface area (Å²) in [6, 6.07) is 8.71. The number of anilines is 1. The molecule has 0 saturated heterocycles.